The predicted octanol–water partition coefficient (Wildman–Crippen LogP) is 0.427. The molecule has 2 unspecified atom stereocenters. The van der Waals surface area contributed by atoms with Gasteiger partial charge in [0.25, 0.3) is 0 Å². The van der Waals surface area contributed by atoms with Crippen LogP contribution < -0.4 is 15.3 Å². The van der Waals surface area contributed by atoms with E-state index in [1.165, 1.54) is 25.1 Å². The number of carboxylic acid groups (broad SMARTS) is 1. The molecule has 1 fully saturated rings. The highest BCUT2D eigenvalue weighted by Crippen LogP contribution is 2.32. The van der Waals surface area contributed by atoms with Crippen LogP contribution in [0.1, 0.15) is 34.5 Å². The molecule has 0 saturated carbocycles. The molecule has 0 bridgehead atoms. The number of aromatic carboxylic acids is 1. The smallest absolute Gasteiger partial charge is 0.534 e. The van der Waals surface area contributed by atoms with Crippen LogP contribution in [0.2, 0.25) is 0 Å². The van der Waals surface area contributed by atoms with Crippen molar-refractivity contribution in [2.75, 3.05) is 19.8 Å². The minimum Gasteiger partial charge on any atom is -0.534 e. The van der Waals surface area contributed by atoms with Crippen molar-refractivity contribution >= 4 is 36.8 Å². The van der Waals surface area contributed by atoms with Crippen molar-refractivity contribution in [3.63, 3.8) is 0 Å². The monoisotopic (exact) mass is 610 g/mol. The second kappa shape index (κ2) is 12.2. The second-order valence-corrected chi connectivity index (χ2v) is 9.69. The van der Waals surface area contributed by atoms with Gasteiger partial charge >= 0.3 is 30.9 Å². The van der Waals surface area contributed by atoms with Crippen molar-refractivity contribution in [1.82, 2.24) is 20.4 Å². The van der Waals surface area contributed by atoms with Crippen LogP contribution in [0.3, 0.4) is 0 Å². The van der Waals surface area contributed by atoms with Gasteiger partial charge in [-0.3, -0.25) is 19.3 Å². The maximum absolute atomic E-state index is 14.9. The van der Waals surface area contributed by atoms with Crippen LogP contribution in [0, 0.1) is 17.5 Å². The van der Waals surface area contributed by atoms with Crippen LogP contribution in [0.15, 0.2) is 24.3 Å². The molecule has 0 aromatic heterocycles. The highest BCUT2D eigenvalue weighted by Gasteiger charge is 2.44. The summed E-state index contributed by atoms with van der Waals surface area (Å²) in [5.41, 5.74) is -1.48. The molecule has 0 radical (unpaired) electrons. The first-order valence-corrected chi connectivity index (χ1v) is 12.6. The Labute approximate surface area is 240 Å². The number of nitrogens with zero attached hydrogens (tertiary/aromatic N) is 2. The van der Waals surface area contributed by atoms with Crippen molar-refractivity contribution in [2.24, 2.45) is 0 Å². The minimum atomic E-state index is -2.46. The molecule has 5 amide bonds. The van der Waals surface area contributed by atoms with Crippen LogP contribution in [0.4, 0.5) is 22.4 Å². The zero-order chi connectivity index (χ0) is 31.7. The van der Waals surface area contributed by atoms with E-state index in [-0.39, 0.29) is 35.9 Å². The highest BCUT2D eigenvalue weighted by atomic mass is 19.2. The van der Waals surface area contributed by atoms with Gasteiger partial charge < -0.3 is 35.4 Å². The molecule has 5 N–H and O–H groups in total. The lowest BCUT2D eigenvalue weighted by atomic mass is 9.72. The topological polar surface area (TPSA) is 186 Å². The number of carbonyl (C=O) groups is 5. The van der Waals surface area contributed by atoms with E-state index in [2.05, 4.69) is 5.32 Å². The molecule has 1 saturated heterocycles. The van der Waals surface area contributed by atoms with Crippen molar-refractivity contribution in [3.8, 4) is 11.5 Å². The quantitative estimate of drug-likeness (QED) is 0.128. The molecule has 13 nitrogen and oxygen atoms in total. The van der Waals surface area contributed by atoms with E-state index in [4.69, 9.17) is 4.65 Å². The summed E-state index contributed by atoms with van der Waals surface area (Å²) >= 11 is 0. The predicted molar refractivity (Wildman–Crippen MR) is 136 cm³/mol. The molecule has 2 aliphatic heterocycles. The number of urea groups is 1. The summed E-state index contributed by atoms with van der Waals surface area (Å²) in [6.45, 7) is -0.436. The summed E-state index contributed by atoms with van der Waals surface area (Å²) in [5, 5.41) is 33.4. The van der Waals surface area contributed by atoms with Crippen LogP contribution in [0.5, 0.6) is 11.5 Å². The van der Waals surface area contributed by atoms with E-state index in [9.17, 15) is 56.8 Å². The Morgan fingerprint density at radius 3 is 2.51 bits per heavy atom. The van der Waals surface area contributed by atoms with Crippen molar-refractivity contribution in [2.45, 2.75) is 31.4 Å². The second-order valence-electron chi connectivity index (χ2n) is 9.69. The van der Waals surface area contributed by atoms with Gasteiger partial charge in [0.05, 0.1) is 23.1 Å². The molecule has 43 heavy (non-hydrogen) atoms. The fourth-order valence-corrected chi connectivity index (χ4v) is 4.81. The largest absolute Gasteiger partial charge is 0.547 e. The van der Waals surface area contributed by atoms with Gasteiger partial charge in [-0.05, 0) is 25.0 Å². The van der Waals surface area contributed by atoms with Gasteiger partial charge in [0.2, 0.25) is 11.7 Å². The van der Waals surface area contributed by atoms with Gasteiger partial charge in [0.1, 0.15) is 24.3 Å². The number of phenols is 1. The molecule has 228 valence electrons. The normalized spacial score (nSPS) is 19.0. The zero-order valence-electron chi connectivity index (χ0n) is 22.1. The summed E-state index contributed by atoms with van der Waals surface area (Å²) in [5.74, 6) is -14.3. The summed E-state index contributed by atoms with van der Waals surface area (Å²) in [6.07, 6.45) is -0.264. The lowest BCUT2D eigenvalue weighted by Gasteiger charge is -2.37. The number of halogens is 4. The van der Waals surface area contributed by atoms with E-state index < -0.39 is 96.8 Å². The number of alkyl halides is 1. The van der Waals surface area contributed by atoms with Crippen LogP contribution >= 0.6 is 0 Å². The van der Waals surface area contributed by atoms with Crippen LogP contribution in [0.25, 0.3) is 0 Å². The average molecular weight is 610 g/mol. The molecular weight excluding hydrogens is 587 g/mol. The Morgan fingerprint density at radius 2 is 1.86 bits per heavy atom. The minimum absolute atomic E-state index is 0.134. The van der Waals surface area contributed by atoms with Gasteiger partial charge in [0, 0.05) is 19.2 Å². The summed E-state index contributed by atoms with van der Waals surface area (Å²) < 4.78 is 62.2. The molecule has 2 aliphatic rings. The number of nitrogens with one attached hydrogen (secondary N) is 2. The first-order chi connectivity index (χ1) is 20.3. The Bertz CT molecular complexity index is 1510. The number of aromatic hydroxyl groups is 1. The molecule has 2 aromatic rings. The van der Waals surface area contributed by atoms with E-state index in [1.807, 2.05) is 5.32 Å². The number of hydrogen-bond donors (Lipinski definition) is 5. The number of phenolic OH excluding ortho intramolecular Hbond substituents is 1. The molecule has 0 aliphatic carbocycles. The Balaban J connectivity index is 1.66. The number of piperazine rings is 1. The summed E-state index contributed by atoms with van der Waals surface area (Å²) in [7, 11) is -1.90. The molecule has 4 rings (SSSR count). The standard InChI is InChI=1S/C25H23BF4N4O9/c1-10-9-33(6-5-27)22(37)23(38)34(10)25(41)32-19(16-13(28)8-14(35)17(29)18(16)30)21(36)31-15-7-11-3-2-4-12(24(39)40)20(11)43-26(15)42/h2-4,8,10,15,19,35,42H,5-7,9H2,1H3,(H,31,36)(H,32,41)(H,39,40)/t10?,15-,19?/m0/s1. The molecule has 0 spiro atoms. The number of rotatable bonds is 7. The van der Waals surface area contributed by atoms with Crippen molar-refractivity contribution in [3.05, 3.63) is 58.4 Å². The van der Waals surface area contributed by atoms with Crippen LogP contribution in [-0.4, -0.2) is 93.6 Å². The number of hydrogen-bond acceptors (Lipinski definition) is 8. The molecule has 3 atom stereocenters. The van der Waals surface area contributed by atoms with Gasteiger partial charge in [-0.1, -0.05) is 12.1 Å². The molecule has 2 heterocycles. The summed E-state index contributed by atoms with van der Waals surface area (Å²) in [4.78, 5) is 64.2. The Kier molecular flexibility index (Phi) is 8.79. The van der Waals surface area contributed by atoms with Crippen molar-refractivity contribution < 1.29 is 61.4 Å². The lowest BCUT2D eigenvalue weighted by Crippen LogP contribution is -2.63. The third-order valence-corrected chi connectivity index (χ3v) is 6.86. The average Bonchev–Trinajstić information content (AvgIpc) is 2.94. The van der Waals surface area contributed by atoms with E-state index in [0.717, 1.165) is 4.90 Å². The van der Waals surface area contributed by atoms with E-state index >= 15 is 0 Å². The fourth-order valence-electron chi connectivity index (χ4n) is 4.81. The SMILES string of the molecule is CC1CN(CCF)C(=O)C(=O)N1C(=O)NC(C(=O)N[C@H]1Cc2cccc(C(=O)O)c2OB1O)c1c(F)cc(O)c(F)c1F. The fraction of sp³-hybridized carbons (Fsp3) is 0.320. The highest BCUT2D eigenvalue weighted by molar-refractivity contribution is 6.47. The molecule has 2 aromatic carbocycles. The number of carboxylic acids is 1. The number of benzene rings is 2. The van der Waals surface area contributed by atoms with Gasteiger partial charge in [0.15, 0.2) is 11.6 Å². The first kappa shape index (κ1) is 31.1. The number of para-hydroxylation sites is 1. The first-order valence-electron chi connectivity index (χ1n) is 12.6. The third kappa shape index (κ3) is 5.90. The molecule has 18 heteroatoms. The summed E-state index contributed by atoms with van der Waals surface area (Å²) in [6, 6.07) is -0.936. The van der Waals surface area contributed by atoms with Gasteiger partial charge in [-0.25, -0.2) is 22.8 Å². The van der Waals surface area contributed by atoms with E-state index in [1.54, 1.807) is 0 Å². The Morgan fingerprint density at radius 1 is 1.16 bits per heavy atom. The van der Waals surface area contributed by atoms with Crippen LogP contribution in [-0.2, 0) is 20.8 Å². The maximum Gasteiger partial charge on any atom is 0.547 e. The number of carbonyl (C=O) groups excluding carboxylic acids is 4. The zero-order valence-corrected chi connectivity index (χ0v) is 22.1. The lowest BCUT2D eigenvalue weighted by molar-refractivity contribution is -0.156. The number of imide groups is 1. The van der Waals surface area contributed by atoms with Gasteiger partial charge in [-0.2, -0.15) is 4.39 Å². The number of fused-ring (bicyclic) bond motifs is 1. The van der Waals surface area contributed by atoms with Gasteiger partial charge in [-0.15, -0.1) is 0 Å². The maximum atomic E-state index is 14.9. The van der Waals surface area contributed by atoms with E-state index in [0.29, 0.717) is 4.90 Å². The number of amides is 5. The third-order valence-electron chi connectivity index (χ3n) is 6.86. The molecular formula is C25H23BF4N4O9. The Hall–Kier alpha value is -4.87. The van der Waals surface area contributed by atoms with Crippen molar-refractivity contribution in [1.29, 1.82) is 0 Å².